The Hall–Kier alpha value is -1.85. The van der Waals surface area contributed by atoms with Crippen molar-refractivity contribution in [1.29, 1.82) is 0 Å². The molecule has 6 heteroatoms. The van der Waals surface area contributed by atoms with Gasteiger partial charge in [-0.2, -0.15) is 0 Å². The van der Waals surface area contributed by atoms with Crippen molar-refractivity contribution < 1.29 is 28.6 Å². The average Bonchev–Trinajstić information content (AvgIpc) is 3.11. The third kappa shape index (κ3) is 37.4. The topological polar surface area (TPSA) is 78.9 Å². The Balaban J connectivity index is 4.36. The lowest BCUT2D eigenvalue weighted by atomic mass is 10.0. The fraction of sp³-hybridized carbons (Fsp3) is 0.886. The van der Waals surface area contributed by atoms with Crippen LogP contribution in [0.2, 0.25) is 0 Å². The van der Waals surface area contributed by atoms with E-state index >= 15 is 0 Å². The van der Waals surface area contributed by atoms with E-state index in [1.165, 1.54) is 135 Å². The van der Waals surface area contributed by atoms with Crippen molar-refractivity contribution in [3.63, 3.8) is 0 Å². The summed E-state index contributed by atoms with van der Waals surface area (Å²) in [6.07, 6.45) is 40.5. The third-order valence-corrected chi connectivity index (χ3v) is 9.52. The van der Waals surface area contributed by atoms with Gasteiger partial charge in [0.1, 0.15) is 13.2 Å². The van der Waals surface area contributed by atoms with Gasteiger partial charge in [0.2, 0.25) is 0 Å². The average molecular weight is 707 g/mol. The number of hydrogen-bond acceptors (Lipinski definition) is 6. The van der Waals surface area contributed by atoms with Gasteiger partial charge in [0, 0.05) is 19.3 Å². The minimum atomic E-state index is -0.770. The molecule has 0 saturated heterocycles. The fourth-order valence-corrected chi connectivity index (χ4v) is 6.21. The normalized spacial score (nSPS) is 12.0. The van der Waals surface area contributed by atoms with E-state index in [1.54, 1.807) is 0 Å². The SMILES string of the molecule is CCCCCC/C=C\CCCC(=O)OCC(COC(=O)CCCCCCCCCCCCCC)OC(=O)CCCCCCCCCCCCC. The number of carbonyl (C=O) groups is 3. The highest BCUT2D eigenvalue weighted by Crippen LogP contribution is 2.15. The number of esters is 3. The van der Waals surface area contributed by atoms with Gasteiger partial charge >= 0.3 is 17.9 Å². The van der Waals surface area contributed by atoms with Crippen LogP contribution < -0.4 is 0 Å². The lowest BCUT2D eigenvalue weighted by molar-refractivity contribution is -0.167. The van der Waals surface area contributed by atoms with Gasteiger partial charge in [-0.3, -0.25) is 14.4 Å². The highest BCUT2D eigenvalue weighted by Gasteiger charge is 2.19. The largest absolute Gasteiger partial charge is 0.462 e. The van der Waals surface area contributed by atoms with Crippen molar-refractivity contribution in [3.8, 4) is 0 Å². The number of unbranched alkanes of at least 4 members (excludes halogenated alkanes) is 26. The van der Waals surface area contributed by atoms with E-state index < -0.39 is 6.10 Å². The van der Waals surface area contributed by atoms with Gasteiger partial charge in [-0.25, -0.2) is 0 Å². The van der Waals surface area contributed by atoms with E-state index in [-0.39, 0.29) is 31.1 Å². The van der Waals surface area contributed by atoms with Crippen molar-refractivity contribution in [3.05, 3.63) is 12.2 Å². The fourth-order valence-electron chi connectivity index (χ4n) is 6.21. The predicted octanol–water partition coefficient (Wildman–Crippen LogP) is 13.5. The molecule has 0 fully saturated rings. The molecule has 0 bridgehead atoms. The van der Waals surface area contributed by atoms with Crippen molar-refractivity contribution in [1.82, 2.24) is 0 Å². The second-order valence-corrected chi connectivity index (χ2v) is 14.6. The molecule has 0 saturated carbocycles. The maximum atomic E-state index is 12.6. The molecule has 294 valence electrons. The summed E-state index contributed by atoms with van der Waals surface area (Å²) in [5, 5.41) is 0. The summed E-state index contributed by atoms with van der Waals surface area (Å²) in [4.78, 5) is 37.5. The molecule has 0 aromatic heterocycles. The van der Waals surface area contributed by atoms with Crippen molar-refractivity contribution in [2.24, 2.45) is 0 Å². The Morgan fingerprint density at radius 1 is 0.380 bits per heavy atom. The molecule has 0 aliphatic carbocycles. The monoisotopic (exact) mass is 707 g/mol. The Bertz CT molecular complexity index is 778. The molecule has 1 atom stereocenters. The second kappa shape index (κ2) is 39.9. The predicted molar refractivity (Wildman–Crippen MR) is 210 cm³/mol. The van der Waals surface area contributed by atoms with E-state index in [9.17, 15) is 14.4 Å². The van der Waals surface area contributed by atoms with Gasteiger partial charge in [0.05, 0.1) is 0 Å². The Kier molecular flexibility index (Phi) is 38.5. The molecule has 0 N–H and O–H groups in total. The van der Waals surface area contributed by atoms with Gasteiger partial charge in [-0.15, -0.1) is 0 Å². The van der Waals surface area contributed by atoms with Crippen LogP contribution in [0.3, 0.4) is 0 Å². The number of rotatable bonds is 39. The molecule has 6 nitrogen and oxygen atoms in total. The zero-order valence-electron chi connectivity index (χ0n) is 33.4. The zero-order chi connectivity index (χ0) is 36.6. The van der Waals surface area contributed by atoms with E-state index in [0.29, 0.717) is 19.3 Å². The molecule has 0 aliphatic heterocycles. The maximum Gasteiger partial charge on any atom is 0.306 e. The van der Waals surface area contributed by atoms with Gasteiger partial charge in [0.15, 0.2) is 6.10 Å². The first-order valence-electron chi connectivity index (χ1n) is 21.7. The minimum Gasteiger partial charge on any atom is -0.462 e. The van der Waals surface area contributed by atoms with Crippen LogP contribution in [0, 0.1) is 0 Å². The number of hydrogen-bond donors (Lipinski definition) is 0. The van der Waals surface area contributed by atoms with Crippen molar-refractivity contribution in [2.45, 2.75) is 239 Å². The van der Waals surface area contributed by atoms with Crippen LogP contribution in [0.4, 0.5) is 0 Å². The molecule has 0 aliphatic rings. The van der Waals surface area contributed by atoms with E-state index in [1.807, 2.05) is 0 Å². The molecule has 0 spiro atoms. The van der Waals surface area contributed by atoms with E-state index in [2.05, 4.69) is 32.9 Å². The van der Waals surface area contributed by atoms with Crippen LogP contribution in [0.5, 0.6) is 0 Å². The zero-order valence-corrected chi connectivity index (χ0v) is 33.4. The summed E-state index contributed by atoms with van der Waals surface area (Å²) in [5.74, 6) is -0.907. The van der Waals surface area contributed by atoms with Gasteiger partial charge in [0.25, 0.3) is 0 Å². The number of allylic oxidation sites excluding steroid dienone is 2. The van der Waals surface area contributed by atoms with Gasteiger partial charge in [-0.05, 0) is 38.5 Å². The van der Waals surface area contributed by atoms with Crippen LogP contribution in [-0.2, 0) is 28.6 Å². The lowest BCUT2D eigenvalue weighted by Gasteiger charge is -2.18. The number of carbonyl (C=O) groups excluding carboxylic acids is 3. The summed E-state index contributed by atoms with van der Waals surface area (Å²) >= 11 is 0. The minimum absolute atomic E-state index is 0.0743. The highest BCUT2D eigenvalue weighted by molar-refractivity contribution is 5.71. The molecule has 0 amide bonds. The highest BCUT2D eigenvalue weighted by atomic mass is 16.6. The maximum absolute atomic E-state index is 12.6. The van der Waals surface area contributed by atoms with Crippen LogP contribution in [0.1, 0.15) is 233 Å². The summed E-state index contributed by atoms with van der Waals surface area (Å²) in [5.41, 5.74) is 0. The van der Waals surface area contributed by atoms with Gasteiger partial charge < -0.3 is 14.2 Å². The first-order chi connectivity index (χ1) is 24.5. The standard InChI is InChI=1S/C44H82O6/c1-4-7-10-13-16-19-21-23-25-28-31-34-37-43(46)49-40-41(39-48-42(45)36-33-30-27-24-18-15-12-9-6-3)50-44(47)38-35-32-29-26-22-20-17-14-11-8-5-2/h24,27,41H,4-23,25-26,28-40H2,1-3H3/b27-24-. The van der Waals surface area contributed by atoms with E-state index in [4.69, 9.17) is 14.2 Å². The summed E-state index contributed by atoms with van der Waals surface area (Å²) in [7, 11) is 0. The van der Waals surface area contributed by atoms with E-state index in [0.717, 1.165) is 57.8 Å². The molecule has 0 aromatic carbocycles. The van der Waals surface area contributed by atoms with Crippen molar-refractivity contribution in [2.75, 3.05) is 13.2 Å². The summed E-state index contributed by atoms with van der Waals surface area (Å²) < 4.78 is 16.6. The third-order valence-electron chi connectivity index (χ3n) is 9.52. The molecular formula is C44H82O6. The Labute approximate surface area is 310 Å². The second-order valence-electron chi connectivity index (χ2n) is 14.6. The van der Waals surface area contributed by atoms with Crippen LogP contribution in [0.15, 0.2) is 12.2 Å². The quantitative estimate of drug-likeness (QED) is 0.0274. The molecule has 0 aromatic rings. The smallest absolute Gasteiger partial charge is 0.306 e. The molecule has 0 rings (SSSR count). The first-order valence-corrected chi connectivity index (χ1v) is 21.7. The summed E-state index contributed by atoms with van der Waals surface area (Å²) in [6, 6.07) is 0. The molecule has 0 radical (unpaired) electrons. The van der Waals surface area contributed by atoms with Gasteiger partial charge in [-0.1, -0.05) is 187 Å². The van der Waals surface area contributed by atoms with Crippen molar-refractivity contribution >= 4 is 17.9 Å². The first kappa shape index (κ1) is 48.1. The number of ether oxygens (including phenoxy) is 3. The lowest BCUT2D eigenvalue weighted by Crippen LogP contribution is -2.30. The van der Waals surface area contributed by atoms with Crippen LogP contribution in [-0.4, -0.2) is 37.2 Å². The molecule has 0 heterocycles. The van der Waals surface area contributed by atoms with Crippen LogP contribution >= 0.6 is 0 Å². The molecule has 50 heavy (non-hydrogen) atoms. The van der Waals surface area contributed by atoms with Crippen LogP contribution in [0.25, 0.3) is 0 Å². The molecule has 1 unspecified atom stereocenters. The Morgan fingerprint density at radius 2 is 0.680 bits per heavy atom. The Morgan fingerprint density at radius 3 is 1.08 bits per heavy atom. The summed E-state index contributed by atoms with van der Waals surface area (Å²) in [6.45, 7) is 6.57. The molecular weight excluding hydrogens is 624 g/mol.